The number of benzene rings is 2. The highest BCUT2D eigenvalue weighted by molar-refractivity contribution is 5.96. The topological polar surface area (TPSA) is 77.7 Å². The Morgan fingerprint density at radius 1 is 1.11 bits per heavy atom. The van der Waals surface area contributed by atoms with Gasteiger partial charge in [-0.3, -0.25) is 4.79 Å². The first kappa shape index (κ1) is 15.9. The predicted molar refractivity (Wildman–Crippen MR) is 96.7 cm³/mol. The van der Waals surface area contributed by atoms with Gasteiger partial charge in [0.2, 0.25) is 24.4 Å². The fourth-order valence-electron chi connectivity index (χ4n) is 3.51. The van der Waals surface area contributed by atoms with Crippen molar-refractivity contribution in [2.24, 2.45) is 0 Å². The molecule has 0 N–H and O–H groups in total. The molecule has 1 amide bonds. The SMILES string of the molecule is Cc1ccccc1-c1noc([C@@H]2CC(=O)N(c3ccc4c(c3)OCO4)C2)n1. The lowest BCUT2D eigenvalue weighted by atomic mass is 10.1. The summed E-state index contributed by atoms with van der Waals surface area (Å²) < 4.78 is 16.2. The van der Waals surface area contributed by atoms with Gasteiger partial charge in [0.25, 0.3) is 0 Å². The van der Waals surface area contributed by atoms with Crippen LogP contribution in [0.4, 0.5) is 5.69 Å². The van der Waals surface area contributed by atoms with Gasteiger partial charge in [0.1, 0.15) is 0 Å². The lowest BCUT2D eigenvalue weighted by Gasteiger charge is -2.16. The third-order valence-corrected chi connectivity index (χ3v) is 4.97. The van der Waals surface area contributed by atoms with Gasteiger partial charge in [-0.25, -0.2) is 0 Å². The number of anilines is 1. The normalized spacial score (nSPS) is 18.3. The molecule has 27 heavy (non-hydrogen) atoms. The minimum Gasteiger partial charge on any atom is -0.454 e. The summed E-state index contributed by atoms with van der Waals surface area (Å²) in [5.74, 6) is 2.29. The maximum atomic E-state index is 12.6. The van der Waals surface area contributed by atoms with Gasteiger partial charge in [-0.15, -0.1) is 0 Å². The molecular weight excluding hydrogens is 346 g/mol. The van der Waals surface area contributed by atoms with Crippen LogP contribution in [0.3, 0.4) is 0 Å². The molecule has 1 atom stereocenters. The number of rotatable bonds is 3. The van der Waals surface area contributed by atoms with Gasteiger partial charge in [0.05, 0.1) is 5.92 Å². The lowest BCUT2D eigenvalue weighted by Crippen LogP contribution is -2.24. The second-order valence-electron chi connectivity index (χ2n) is 6.71. The Morgan fingerprint density at radius 2 is 1.96 bits per heavy atom. The average Bonchev–Trinajstić information content (AvgIpc) is 3.40. The summed E-state index contributed by atoms with van der Waals surface area (Å²) in [5.41, 5.74) is 2.80. The fourth-order valence-corrected chi connectivity index (χ4v) is 3.51. The number of fused-ring (bicyclic) bond motifs is 1. The molecule has 7 nitrogen and oxygen atoms in total. The van der Waals surface area contributed by atoms with E-state index in [1.807, 2.05) is 49.4 Å². The summed E-state index contributed by atoms with van der Waals surface area (Å²) in [5, 5.41) is 4.11. The van der Waals surface area contributed by atoms with E-state index < -0.39 is 0 Å². The van der Waals surface area contributed by atoms with E-state index in [-0.39, 0.29) is 18.6 Å². The highest BCUT2D eigenvalue weighted by Gasteiger charge is 2.35. The summed E-state index contributed by atoms with van der Waals surface area (Å²) in [4.78, 5) is 18.8. The Labute approximate surface area is 155 Å². The number of carbonyl (C=O) groups excluding carboxylic acids is 1. The second-order valence-corrected chi connectivity index (χ2v) is 6.71. The standard InChI is InChI=1S/C20H17N3O4/c1-12-4-2-3-5-15(12)19-21-20(27-22-19)13-8-18(24)23(10-13)14-6-7-16-17(9-14)26-11-25-16/h2-7,9,13H,8,10-11H2,1H3/t13-/m1/s1. The molecule has 0 aliphatic carbocycles. The Bertz CT molecular complexity index is 1030. The molecule has 0 saturated carbocycles. The van der Waals surface area contributed by atoms with Gasteiger partial charge >= 0.3 is 0 Å². The lowest BCUT2D eigenvalue weighted by molar-refractivity contribution is -0.117. The Morgan fingerprint density at radius 3 is 2.85 bits per heavy atom. The van der Waals surface area contributed by atoms with Crippen molar-refractivity contribution in [3.05, 3.63) is 53.9 Å². The zero-order valence-corrected chi connectivity index (χ0v) is 14.7. The smallest absolute Gasteiger partial charge is 0.232 e. The first-order valence-corrected chi connectivity index (χ1v) is 8.78. The summed E-state index contributed by atoms with van der Waals surface area (Å²) in [6, 6.07) is 13.4. The monoisotopic (exact) mass is 363 g/mol. The van der Waals surface area contributed by atoms with E-state index in [9.17, 15) is 4.79 Å². The quantitative estimate of drug-likeness (QED) is 0.711. The van der Waals surface area contributed by atoms with Crippen LogP contribution in [0, 0.1) is 6.92 Å². The molecule has 0 bridgehead atoms. The van der Waals surface area contributed by atoms with Crippen LogP contribution in [-0.4, -0.2) is 29.4 Å². The second kappa shape index (κ2) is 6.12. The number of carbonyl (C=O) groups is 1. The Hall–Kier alpha value is -3.35. The third kappa shape index (κ3) is 2.71. The van der Waals surface area contributed by atoms with Crippen molar-refractivity contribution in [1.29, 1.82) is 0 Å². The van der Waals surface area contributed by atoms with Gasteiger partial charge in [0.15, 0.2) is 11.5 Å². The van der Waals surface area contributed by atoms with Crippen molar-refractivity contribution in [2.75, 3.05) is 18.2 Å². The van der Waals surface area contributed by atoms with Gasteiger partial charge < -0.3 is 18.9 Å². The molecular formula is C20H17N3O4. The molecule has 0 radical (unpaired) electrons. The fraction of sp³-hybridized carbons (Fsp3) is 0.250. The van der Waals surface area contributed by atoms with Crippen LogP contribution in [0.25, 0.3) is 11.4 Å². The molecule has 1 saturated heterocycles. The van der Waals surface area contributed by atoms with Gasteiger partial charge in [-0.2, -0.15) is 4.98 Å². The number of amides is 1. The molecule has 2 aliphatic heterocycles. The highest BCUT2D eigenvalue weighted by Crippen LogP contribution is 2.38. The van der Waals surface area contributed by atoms with Gasteiger partial charge in [-0.1, -0.05) is 29.4 Å². The molecule has 0 spiro atoms. The van der Waals surface area contributed by atoms with E-state index >= 15 is 0 Å². The molecule has 7 heteroatoms. The zero-order valence-electron chi connectivity index (χ0n) is 14.7. The minimum absolute atomic E-state index is 0.0227. The number of ether oxygens (including phenoxy) is 2. The van der Waals surface area contributed by atoms with Crippen molar-refractivity contribution < 1.29 is 18.8 Å². The van der Waals surface area contributed by atoms with E-state index in [1.165, 1.54) is 0 Å². The van der Waals surface area contributed by atoms with Crippen LogP contribution in [0.2, 0.25) is 0 Å². The van der Waals surface area contributed by atoms with Crippen molar-refractivity contribution in [3.8, 4) is 22.9 Å². The molecule has 3 aromatic rings. The van der Waals surface area contributed by atoms with E-state index in [2.05, 4.69) is 10.1 Å². The van der Waals surface area contributed by atoms with Gasteiger partial charge in [0, 0.05) is 30.3 Å². The zero-order chi connectivity index (χ0) is 18.4. The molecule has 1 aromatic heterocycles. The minimum atomic E-state index is -0.131. The first-order valence-electron chi connectivity index (χ1n) is 8.78. The van der Waals surface area contributed by atoms with Crippen LogP contribution in [0.5, 0.6) is 11.5 Å². The highest BCUT2D eigenvalue weighted by atomic mass is 16.7. The molecule has 1 fully saturated rings. The molecule has 2 aliphatic rings. The number of hydrogen-bond donors (Lipinski definition) is 0. The molecule has 0 unspecified atom stereocenters. The first-order chi connectivity index (χ1) is 13.2. The van der Waals surface area contributed by atoms with Crippen LogP contribution >= 0.6 is 0 Å². The predicted octanol–water partition coefficient (Wildman–Crippen LogP) is 3.29. The summed E-state index contributed by atoms with van der Waals surface area (Å²) in [6.07, 6.45) is 0.337. The summed E-state index contributed by atoms with van der Waals surface area (Å²) in [6.45, 7) is 2.71. The number of nitrogens with zero attached hydrogens (tertiary/aromatic N) is 3. The Balaban J connectivity index is 1.39. The number of aryl methyl sites for hydroxylation is 1. The summed E-state index contributed by atoms with van der Waals surface area (Å²) in [7, 11) is 0. The van der Waals surface area contributed by atoms with Crippen LogP contribution in [-0.2, 0) is 4.79 Å². The maximum Gasteiger partial charge on any atom is 0.232 e. The van der Waals surface area contributed by atoms with Crippen LogP contribution in [0.1, 0.15) is 23.8 Å². The average molecular weight is 363 g/mol. The Kier molecular flexibility index (Phi) is 3.60. The van der Waals surface area contributed by atoms with Gasteiger partial charge in [-0.05, 0) is 24.6 Å². The van der Waals surface area contributed by atoms with Crippen molar-refractivity contribution >= 4 is 11.6 Å². The summed E-state index contributed by atoms with van der Waals surface area (Å²) >= 11 is 0. The van der Waals surface area contributed by atoms with Crippen molar-refractivity contribution in [1.82, 2.24) is 10.1 Å². The van der Waals surface area contributed by atoms with Crippen LogP contribution < -0.4 is 14.4 Å². The van der Waals surface area contributed by atoms with E-state index in [0.29, 0.717) is 36.2 Å². The van der Waals surface area contributed by atoms with E-state index in [0.717, 1.165) is 16.8 Å². The largest absolute Gasteiger partial charge is 0.454 e. The third-order valence-electron chi connectivity index (χ3n) is 4.97. The number of hydrogen-bond acceptors (Lipinski definition) is 6. The van der Waals surface area contributed by atoms with Crippen molar-refractivity contribution in [2.45, 2.75) is 19.3 Å². The molecule has 2 aromatic carbocycles. The molecule has 136 valence electrons. The maximum absolute atomic E-state index is 12.6. The molecule has 3 heterocycles. The molecule has 5 rings (SSSR count). The number of aromatic nitrogens is 2. The van der Waals surface area contributed by atoms with Crippen molar-refractivity contribution in [3.63, 3.8) is 0 Å². The van der Waals surface area contributed by atoms with E-state index in [4.69, 9.17) is 14.0 Å². The van der Waals surface area contributed by atoms with E-state index in [1.54, 1.807) is 4.90 Å². The van der Waals surface area contributed by atoms with Crippen LogP contribution in [0.15, 0.2) is 47.0 Å².